The van der Waals surface area contributed by atoms with E-state index < -0.39 is 0 Å². The zero-order valence-corrected chi connectivity index (χ0v) is 12.5. The lowest BCUT2D eigenvalue weighted by molar-refractivity contribution is -0.125. The average Bonchev–Trinajstić information content (AvgIpc) is 2.34. The van der Waals surface area contributed by atoms with Gasteiger partial charge in [-0.2, -0.15) is 0 Å². The normalized spacial score (nSPS) is 12.5. The molecule has 0 heterocycles. The number of benzene rings is 1. The highest BCUT2D eigenvalue weighted by atomic mass is 16.1. The summed E-state index contributed by atoms with van der Waals surface area (Å²) in [6.45, 7) is 9.33. The van der Waals surface area contributed by atoms with Gasteiger partial charge in [0.2, 0.25) is 5.91 Å². The van der Waals surface area contributed by atoms with Crippen molar-refractivity contribution in [2.45, 2.75) is 34.1 Å². The number of rotatable bonds is 6. The third kappa shape index (κ3) is 4.67. The third-order valence-corrected chi connectivity index (χ3v) is 3.59. The predicted octanol–water partition coefficient (Wildman–Crippen LogP) is 2.19. The van der Waals surface area contributed by atoms with E-state index >= 15 is 0 Å². The molecule has 106 valence electrons. The maximum Gasteiger partial charge on any atom is 0.224 e. The Bertz CT molecular complexity index is 427. The molecule has 1 rings (SSSR count). The van der Waals surface area contributed by atoms with E-state index in [0.29, 0.717) is 13.1 Å². The summed E-state index contributed by atoms with van der Waals surface area (Å²) >= 11 is 0. The highest BCUT2D eigenvalue weighted by molar-refractivity contribution is 5.79. The largest absolute Gasteiger partial charge is 0.355 e. The molecule has 19 heavy (non-hydrogen) atoms. The van der Waals surface area contributed by atoms with Gasteiger partial charge in [-0.1, -0.05) is 37.6 Å². The number of hydrogen-bond donors (Lipinski definition) is 2. The van der Waals surface area contributed by atoms with Crippen LogP contribution in [0.3, 0.4) is 0 Å². The van der Waals surface area contributed by atoms with Gasteiger partial charge in [-0.25, -0.2) is 0 Å². The first-order chi connectivity index (χ1) is 8.95. The summed E-state index contributed by atoms with van der Waals surface area (Å²) in [7, 11) is 0. The first-order valence-electron chi connectivity index (χ1n) is 6.99. The van der Waals surface area contributed by atoms with Crippen LogP contribution in [-0.2, 0) is 11.2 Å². The Morgan fingerprint density at radius 1 is 1.32 bits per heavy atom. The number of carbonyl (C=O) groups excluding carboxylic acids is 1. The third-order valence-electron chi connectivity index (χ3n) is 3.59. The van der Waals surface area contributed by atoms with Gasteiger partial charge >= 0.3 is 0 Å². The quantitative estimate of drug-likeness (QED) is 0.825. The number of aryl methyl sites for hydroxylation is 2. The highest BCUT2D eigenvalue weighted by Crippen LogP contribution is 2.12. The molecule has 0 spiro atoms. The van der Waals surface area contributed by atoms with Crippen molar-refractivity contribution in [2.24, 2.45) is 17.6 Å². The second kappa shape index (κ2) is 7.29. The standard InChI is InChI=1S/C16H26N2O/c1-11(2)15(10-17)16(19)18-8-7-14-9-12(3)5-6-13(14)4/h5-6,9,11,15H,7-8,10,17H2,1-4H3,(H,18,19). The maximum absolute atomic E-state index is 12.0. The smallest absolute Gasteiger partial charge is 0.224 e. The van der Waals surface area contributed by atoms with Crippen LogP contribution in [0.25, 0.3) is 0 Å². The minimum Gasteiger partial charge on any atom is -0.355 e. The number of amides is 1. The molecule has 0 saturated heterocycles. The van der Waals surface area contributed by atoms with Crippen LogP contribution in [0, 0.1) is 25.7 Å². The Balaban J connectivity index is 2.50. The number of hydrogen-bond acceptors (Lipinski definition) is 2. The lowest BCUT2D eigenvalue weighted by Crippen LogP contribution is -2.38. The van der Waals surface area contributed by atoms with Crippen molar-refractivity contribution in [1.82, 2.24) is 5.32 Å². The van der Waals surface area contributed by atoms with Crippen molar-refractivity contribution in [1.29, 1.82) is 0 Å². The van der Waals surface area contributed by atoms with Crippen LogP contribution in [-0.4, -0.2) is 19.0 Å². The summed E-state index contributed by atoms with van der Waals surface area (Å²) in [6.07, 6.45) is 0.870. The molecule has 3 nitrogen and oxygen atoms in total. The average molecular weight is 262 g/mol. The summed E-state index contributed by atoms with van der Waals surface area (Å²) < 4.78 is 0. The van der Waals surface area contributed by atoms with E-state index in [2.05, 4.69) is 37.4 Å². The molecule has 0 aliphatic heterocycles. The van der Waals surface area contributed by atoms with Gasteiger partial charge in [0.1, 0.15) is 0 Å². The molecule has 0 saturated carbocycles. The maximum atomic E-state index is 12.0. The zero-order valence-electron chi connectivity index (χ0n) is 12.5. The monoisotopic (exact) mass is 262 g/mol. The lowest BCUT2D eigenvalue weighted by Gasteiger charge is -2.18. The minimum absolute atomic E-state index is 0.0720. The molecule has 0 bridgehead atoms. The molecule has 1 unspecified atom stereocenters. The van der Waals surface area contributed by atoms with Crippen LogP contribution < -0.4 is 11.1 Å². The topological polar surface area (TPSA) is 55.1 Å². The van der Waals surface area contributed by atoms with Crippen molar-refractivity contribution in [3.8, 4) is 0 Å². The molecule has 0 radical (unpaired) electrons. The van der Waals surface area contributed by atoms with Crippen molar-refractivity contribution < 1.29 is 4.79 Å². The summed E-state index contributed by atoms with van der Waals surface area (Å²) in [5.41, 5.74) is 9.48. The van der Waals surface area contributed by atoms with Crippen LogP contribution in [0.2, 0.25) is 0 Å². The van der Waals surface area contributed by atoms with Gasteiger partial charge in [-0.3, -0.25) is 4.79 Å². The molecular weight excluding hydrogens is 236 g/mol. The number of nitrogens with one attached hydrogen (secondary N) is 1. The Morgan fingerprint density at radius 2 is 2.00 bits per heavy atom. The number of nitrogens with two attached hydrogens (primary N) is 1. The van der Waals surface area contributed by atoms with Crippen molar-refractivity contribution in [3.63, 3.8) is 0 Å². The van der Waals surface area contributed by atoms with E-state index in [1.54, 1.807) is 0 Å². The van der Waals surface area contributed by atoms with Gasteiger partial charge in [-0.15, -0.1) is 0 Å². The molecule has 1 aromatic carbocycles. The molecule has 1 aromatic rings. The van der Waals surface area contributed by atoms with Gasteiger partial charge in [0.05, 0.1) is 5.92 Å². The van der Waals surface area contributed by atoms with E-state index in [4.69, 9.17) is 5.73 Å². The van der Waals surface area contributed by atoms with Gasteiger partial charge in [-0.05, 0) is 37.3 Å². The second-order valence-electron chi connectivity index (χ2n) is 5.56. The van der Waals surface area contributed by atoms with E-state index in [9.17, 15) is 4.79 Å². The van der Waals surface area contributed by atoms with Crippen molar-refractivity contribution in [2.75, 3.05) is 13.1 Å². The zero-order chi connectivity index (χ0) is 14.4. The van der Waals surface area contributed by atoms with Crippen LogP contribution in [0.1, 0.15) is 30.5 Å². The van der Waals surface area contributed by atoms with Crippen molar-refractivity contribution >= 4 is 5.91 Å². The Morgan fingerprint density at radius 3 is 2.58 bits per heavy atom. The fraction of sp³-hybridized carbons (Fsp3) is 0.562. The molecule has 0 aliphatic rings. The molecule has 1 atom stereocenters. The minimum atomic E-state index is -0.0846. The van der Waals surface area contributed by atoms with E-state index in [-0.39, 0.29) is 17.7 Å². The molecule has 3 heteroatoms. The van der Waals surface area contributed by atoms with Crippen molar-refractivity contribution in [3.05, 3.63) is 34.9 Å². The number of carbonyl (C=O) groups is 1. The first kappa shape index (κ1) is 15.7. The molecule has 0 aliphatic carbocycles. The molecule has 0 fully saturated rings. The summed E-state index contributed by atoms with van der Waals surface area (Å²) in [5.74, 6) is 0.270. The van der Waals surface area contributed by atoms with Crippen LogP contribution in [0.15, 0.2) is 18.2 Å². The SMILES string of the molecule is Cc1ccc(C)c(CCNC(=O)C(CN)C(C)C)c1. The van der Waals surface area contributed by atoms with Gasteiger partial charge in [0.25, 0.3) is 0 Å². The van der Waals surface area contributed by atoms with E-state index in [1.165, 1.54) is 16.7 Å². The van der Waals surface area contributed by atoms with Gasteiger partial charge < -0.3 is 11.1 Å². The molecule has 1 amide bonds. The molecule has 0 aromatic heterocycles. The Kier molecular flexibility index (Phi) is 6.03. The second-order valence-corrected chi connectivity index (χ2v) is 5.56. The molecule has 3 N–H and O–H groups in total. The Labute approximate surface area is 116 Å². The Hall–Kier alpha value is -1.35. The van der Waals surface area contributed by atoms with E-state index in [1.807, 2.05) is 13.8 Å². The summed E-state index contributed by atoms with van der Waals surface area (Å²) in [6, 6.07) is 6.42. The summed E-state index contributed by atoms with van der Waals surface area (Å²) in [5, 5.41) is 2.99. The fourth-order valence-corrected chi connectivity index (χ4v) is 2.20. The first-order valence-corrected chi connectivity index (χ1v) is 6.99. The van der Waals surface area contributed by atoms with Crippen LogP contribution in [0.4, 0.5) is 0 Å². The summed E-state index contributed by atoms with van der Waals surface area (Å²) in [4.78, 5) is 12.0. The fourth-order valence-electron chi connectivity index (χ4n) is 2.20. The van der Waals surface area contributed by atoms with E-state index in [0.717, 1.165) is 6.42 Å². The van der Waals surface area contributed by atoms with Crippen LogP contribution in [0.5, 0.6) is 0 Å². The van der Waals surface area contributed by atoms with Gasteiger partial charge in [0, 0.05) is 13.1 Å². The predicted molar refractivity (Wildman–Crippen MR) is 80.0 cm³/mol. The highest BCUT2D eigenvalue weighted by Gasteiger charge is 2.19. The lowest BCUT2D eigenvalue weighted by atomic mass is 9.95. The van der Waals surface area contributed by atoms with Gasteiger partial charge in [0.15, 0.2) is 0 Å². The molecular formula is C16H26N2O. The van der Waals surface area contributed by atoms with Crippen LogP contribution >= 0.6 is 0 Å².